The number of rotatable bonds is 6. The molecule has 0 N–H and O–H groups in total. The fourth-order valence-electron chi connectivity index (χ4n) is 6.25. The van der Waals surface area contributed by atoms with E-state index in [2.05, 4.69) is 91.5 Å². The van der Waals surface area contributed by atoms with E-state index in [1.54, 1.807) is 6.08 Å². The summed E-state index contributed by atoms with van der Waals surface area (Å²) in [6.07, 6.45) is 13.1. The maximum absolute atomic E-state index is 6.27. The van der Waals surface area contributed by atoms with Gasteiger partial charge in [-0.3, -0.25) is 0 Å². The Morgan fingerprint density at radius 3 is 1.81 bits per heavy atom. The number of hydrogen-bond acceptors (Lipinski definition) is 4. The molecule has 48 heavy (non-hydrogen) atoms. The summed E-state index contributed by atoms with van der Waals surface area (Å²) in [6, 6.07) is 43.6. The summed E-state index contributed by atoms with van der Waals surface area (Å²) < 4.78 is 6.27. The van der Waals surface area contributed by atoms with Crippen LogP contribution in [0.1, 0.15) is 6.42 Å². The van der Waals surface area contributed by atoms with Gasteiger partial charge in [-0.25, -0.2) is 15.0 Å². The van der Waals surface area contributed by atoms with Crippen molar-refractivity contribution < 1.29 is 4.42 Å². The Labute approximate surface area is 279 Å². The summed E-state index contributed by atoms with van der Waals surface area (Å²) >= 11 is 0. The van der Waals surface area contributed by atoms with Crippen LogP contribution in [0.15, 0.2) is 169 Å². The molecule has 228 valence electrons. The van der Waals surface area contributed by atoms with Crippen molar-refractivity contribution >= 4 is 22.6 Å². The third-order valence-electron chi connectivity index (χ3n) is 8.58. The summed E-state index contributed by atoms with van der Waals surface area (Å²) in [6.45, 7) is 3.90. The molecule has 0 saturated carbocycles. The van der Waals surface area contributed by atoms with Gasteiger partial charge in [0.2, 0.25) is 0 Å². The van der Waals surface area contributed by atoms with Gasteiger partial charge in [0.15, 0.2) is 17.5 Å². The third-order valence-corrected chi connectivity index (χ3v) is 8.58. The van der Waals surface area contributed by atoms with Gasteiger partial charge in [-0.1, -0.05) is 152 Å². The Hall–Kier alpha value is -6.39. The quantitative estimate of drug-likeness (QED) is 0.186. The number of benzene rings is 5. The summed E-state index contributed by atoms with van der Waals surface area (Å²) in [5.41, 5.74) is 10.2. The maximum Gasteiger partial charge on any atom is 0.164 e. The lowest BCUT2D eigenvalue weighted by Crippen LogP contribution is -2.22. The molecule has 8 rings (SSSR count). The highest BCUT2D eigenvalue weighted by Gasteiger charge is 2.16. The average molecular weight is 618 g/mol. The van der Waals surface area contributed by atoms with Gasteiger partial charge >= 0.3 is 0 Å². The first-order valence-electron chi connectivity index (χ1n) is 16.0. The Bertz CT molecular complexity index is 2410. The molecule has 0 fully saturated rings. The van der Waals surface area contributed by atoms with Crippen LogP contribution in [-0.2, 0) is 0 Å². The highest BCUT2D eigenvalue weighted by atomic mass is 16.3. The summed E-state index contributed by atoms with van der Waals surface area (Å²) in [7, 11) is 0. The minimum absolute atomic E-state index is 0.636. The number of aromatic nitrogens is 3. The first-order valence-corrected chi connectivity index (χ1v) is 16.0. The van der Waals surface area contributed by atoms with E-state index >= 15 is 0 Å². The minimum atomic E-state index is 0.636. The van der Waals surface area contributed by atoms with Crippen molar-refractivity contribution in [1.82, 2.24) is 15.0 Å². The van der Waals surface area contributed by atoms with E-state index in [-0.39, 0.29) is 0 Å². The van der Waals surface area contributed by atoms with Crippen LogP contribution in [0.25, 0.3) is 79.0 Å². The zero-order valence-corrected chi connectivity index (χ0v) is 26.3. The molecule has 0 saturated heterocycles. The molecule has 2 aromatic heterocycles. The predicted molar refractivity (Wildman–Crippen MR) is 197 cm³/mol. The molecule has 1 aliphatic rings. The van der Waals surface area contributed by atoms with Gasteiger partial charge in [-0.15, -0.1) is 0 Å². The highest BCUT2D eigenvalue weighted by Crippen LogP contribution is 2.34. The van der Waals surface area contributed by atoms with Crippen molar-refractivity contribution in [2.24, 2.45) is 0 Å². The first kappa shape index (κ1) is 29.0. The van der Waals surface area contributed by atoms with Crippen molar-refractivity contribution in [1.29, 1.82) is 0 Å². The van der Waals surface area contributed by atoms with Gasteiger partial charge in [0.1, 0.15) is 11.0 Å². The summed E-state index contributed by atoms with van der Waals surface area (Å²) in [4.78, 5) is 14.9. The fraction of sp³-hybridized carbons (Fsp3) is 0.0227. The van der Waals surface area contributed by atoms with Crippen LogP contribution in [0.2, 0.25) is 0 Å². The molecule has 0 spiro atoms. The number of fused-ring (bicyclic) bond motifs is 1. The van der Waals surface area contributed by atoms with Crippen molar-refractivity contribution in [3.63, 3.8) is 0 Å². The van der Waals surface area contributed by atoms with Crippen molar-refractivity contribution in [3.05, 3.63) is 175 Å². The second kappa shape index (κ2) is 12.8. The monoisotopic (exact) mass is 617 g/mol. The molecule has 0 radical (unpaired) electrons. The molecular weight excluding hydrogens is 587 g/mol. The van der Waals surface area contributed by atoms with Gasteiger partial charge in [-0.05, 0) is 52.5 Å². The molecule has 0 atom stereocenters. The maximum atomic E-state index is 6.27. The van der Waals surface area contributed by atoms with E-state index in [1.807, 2.05) is 72.8 Å². The molecule has 5 aromatic carbocycles. The average Bonchev–Trinajstić information content (AvgIpc) is 3.53. The lowest BCUT2D eigenvalue weighted by Gasteiger charge is -2.12. The van der Waals surface area contributed by atoms with E-state index in [0.717, 1.165) is 67.0 Å². The van der Waals surface area contributed by atoms with E-state index in [1.165, 1.54) is 5.57 Å². The first-order chi connectivity index (χ1) is 23.7. The second-order valence-corrected chi connectivity index (χ2v) is 11.6. The molecule has 0 bridgehead atoms. The number of furan rings is 1. The van der Waals surface area contributed by atoms with E-state index < -0.39 is 0 Å². The van der Waals surface area contributed by atoms with Crippen molar-refractivity contribution in [2.45, 2.75) is 6.42 Å². The lowest BCUT2D eigenvalue weighted by molar-refractivity contribution is 0.575. The molecule has 7 aromatic rings. The third kappa shape index (κ3) is 5.61. The number of nitrogens with zero attached hydrogens (tertiary/aromatic N) is 3. The smallest absolute Gasteiger partial charge is 0.164 e. The van der Waals surface area contributed by atoms with Gasteiger partial charge in [0, 0.05) is 27.3 Å². The zero-order chi connectivity index (χ0) is 32.3. The van der Waals surface area contributed by atoms with E-state index in [0.29, 0.717) is 17.5 Å². The van der Waals surface area contributed by atoms with Crippen LogP contribution < -0.4 is 10.6 Å². The molecular formula is C44H31N3O. The van der Waals surface area contributed by atoms with Crippen LogP contribution in [0.4, 0.5) is 0 Å². The van der Waals surface area contributed by atoms with Crippen LogP contribution in [0, 0.1) is 0 Å². The molecule has 0 aliphatic heterocycles. The molecule has 4 nitrogen and oxygen atoms in total. The second-order valence-electron chi connectivity index (χ2n) is 11.6. The van der Waals surface area contributed by atoms with E-state index in [9.17, 15) is 0 Å². The molecule has 0 unspecified atom stereocenters. The van der Waals surface area contributed by atoms with Crippen LogP contribution in [0.5, 0.6) is 0 Å². The van der Waals surface area contributed by atoms with Crippen molar-refractivity contribution in [3.8, 4) is 56.4 Å². The largest absolute Gasteiger partial charge is 0.456 e. The van der Waals surface area contributed by atoms with Crippen LogP contribution in [0.3, 0.4) is 0 Å². The molecule has 4 heteroatoms. The van der Waals surface area contributed by atoms with Crippen LogP contribution >= 0.6 is 0 Å². The topological polar surface area (TPSA) is 51.8 Å². The summed E-state index contributed by atoms with van der Waals surface area (Å²) in [5, 5.41) is 2.23. The van der Waals surface area contributed by atoms with Crippen molar-refractivity contribution in [2.75, 3.05) is 0 Å². The van der Waals surface area contributed by atoms with E-state index in [4.69, 9.17) is 19.4 Å². The van der Waals surface area contributed by atoms with Gasteiger partial charge in [0.05, 0.1) is 0 Å². The minimum Gasteiger partial charge on any atom is -0.456 e. The van der Waals surface area contributed by atoms with Gasteiger partial charge in [-0.2, -0.15) is 0 Å². The SMILES string of the molecule is C=C/C=c1/oc2ccc(-c3ccc(-c4ccccc4-c4nc(-c5ccccc5)nc(-c5ccccc5)n4)cc3)cc2/c1=C1\C=CC=CC1. The zero-order valence-electron chi connectivity index (χ0n) is 26.3. The summed E-state index contributed by atoms with van der Waals surface area (Å²) in [5.74, 6) is 1.92. The van der Waals surface area contributed by atoms with Crippen LogP contribution in [-0.4, -0.2) is 15.0 Å². The molecule has 2 heterocycles. The highest BCUT2D eigenvalue weighted by molar-refractivity contribution is 5.88. The lowest BCUT2D eigenvalue weighted by atomic mass is 9.95. The van der Waals surface area contributed by atoms with Gasteiger partial charge in [0.25, 0.3) is 0 Å². The number of allylic oxidation sites excluding steroid dienone is 5. The predicted octanol–water partition coefficient (Wildman–Crippen LogP) is 9.59. The molecule has 1 aliphatic carbocycles. The number of hydrogen-bond donors (Lipinski definition) is 0. The normalized spacial score (nSPS) is 14.0. The Balaban J connectivity index is 1.21. The molecule has 0 amide bonds. The Kier molecular flexibility index (Phi) is 7.73. The fourth-order valence-corrected chi connectivity index (χ4v) is 6.25. The van der Waals surface area contributed by atoms with Gasteiger partial charge < -0.3 is 4.42 Å². The Morgan fingerprint density at radius 1 is 0.562 bits per heavy atom. The standard InChI is InChI=1S/C44H31N3O/c1-2-14-40-41(32-15-6-3-7-16-32)38-29-35(27-28-39(38)48-40)30-23-25-31(26-24-30)36-21-12-13-22-37(36)44-46-42(33-17-8-4-9-18-33)45-43(47-44)34-19-10-5-11-20-34/h2-15,17-29H,1,16H2/b40-14+,41-32-. The Morgan fingerprint density at radius 2 is 1.17 bits per heavy atom.